The third-order valence-electron chi connectivity index (χ3n) is 4.91. The first-order chi connectivity index (χ1) is 9.58. The third-order valence-corrected chi connectivity index (χ3v) is 4.91. The van der Waals surface area contributed by atoms with Gasteiger partial charge in [0.1, 0.15) is 5.54 Å². The summed E-state index contributed by atoms with van der Waals surface area (Å²) in [7, 11) is 1.52. The van der Waals surface area contributed by atoms with Crippen molar-refractivity contribution in [2.24, 2.45) is 5.92 Å². The molecule has 1 N–H and O–H groups in total. The number of carbonyl (C=O) groups excluding carboxylic acids is 1. The van der Waals surface area contributed by atoms with Crippen LogP contribution in [0.5, 0.6) is 0 Å². The lowest BCUT2D eigenvalue weighted by atomic mass is 9.83. The average Bonchev–Trinajstić information content (AvgIpc) is 3.04. The molecular weight excluding hydrogens is 252 g/mol. The lowest BCUT2D eigenvalue weighted by Crippen LogP contribution is -2.58. The second kappa shape index (κ2) is 6.90. The number of nitrogens with one attached hydrogen (secondary N) is 1. The lowest BCUT2D eigenvalue weighted by Gasteiger charge is -2.36. The van der Waals surface area contributed by atoms with Gasteiger partial charge in [0, 0.05) is 6.04 Å². The van der Waals surface area contributed by atoms with E-state index in [1.165, 1.54) is 33.0 Å². The Morgan fingerprint density at radius 3 is 2.65 bits per heavy atom. The largest absolute Gasteiger partial charge is 0.468 e. The molecule has 20 heavy (non-hydrogen) atoms. The number of esters is 1. The van der Waals surface area contributed by atoms with Gasteiger partial charge in [-0.05, 0) is 71.5 Å². The van der Waals surface area contributed by atoms with Crippen LogP contribution in [0, 0.1) is 5.92 Å². The van der Waals surface area contributed by atoms with E-state index in [-0.39, 0.29) is 5.97 Å². The van der Waals surface area contributed by atoms with Gasteiger partial charge in [-0.1, -0.05) is 6.42 Å². The number of hydrogen-bond donors (Lipinski definition) is 1. The minimum atomic E-state index is -0.442. The van der Waals surface area contributed by atoms with Crippen LogP contribution in [0.1, 0.15) is 52.4 Å². The minimum absolute atomic E-state index is 0.0601. The van der Waals surface area contributed by atoms with E-state index in [4.69, 9.17) is 4.74 Å². The summed E-state index contributed by atoms with van der Waals surface area (Å²) in [4.78, 5) is 14.9. The summed E-state index contributed by atoms with van der Waals surface area (Å²) in [5.41, 5.74) is -0.442. The van der Waals surface area contributed by atoms with Crippen molar-refractivity contribution in [3.8, 4) is 0 Å². The van der Waals surface area contributed by atoms with Crippen molar-refractivity contribution in [2.45, 2.75) is 64.0 Å². The predicted molar refractivity (Wildman–Crippen MR) is 80.7 cm³/mol. The van der Waals surface area contributed by atoms with E-state index >= 15 is 0 Å². The van der Waals surface area contributed by atoms with Gasteiger partial charge in [0.2, 0.25) is 0 Å². The summed E-state index contributed by atoms with van der Waals surface area (Å²) < 4.78 is 5.13. The van der Waals surface area contributed by atoms with Gasteiger partial charge in [-0.2, -0.15) is 0 Å². The van der Waals surface area contributed by atoms with E-state index in [1.54, 1.807) is 0 Å². The molecule has 2 aliphatic rings. The molecule has 1 saturated carbocycles. The highest BCUT2D eigenvalue weighted by atomic mass is 16.5. The van der Waals surface area contributed by atoms with Crippen LogP contribution in [0.15, 0.2) is 0 Å². The second-order valence-corrected chi connectivity index (χ2v) is 6.69. The molecule has 0 amide bonds. The van der Waals surface area contributed by atoms with Gasteiger partial charge in [0.25, 0.3) is 0 Å². The monoisotopic (exact) mass is 282 g/mol. The van der Waals surface area contributed by atoms with Crippen molar-refractivity contribution in [1.82, 2.24) is 10.2 Å². The highest BCUT2D eigenvalue weighted by molar-refractivity contribution is 5.81. The fourth-order valence-corrected chi connectivity index (χ4v) is 4.03. The lowest BCUT2D eigenvalue weighted by molar-refractivity contribution is -0.151. The van der Waals surface area contributed by atoms with Gasteiger partial charge in [0.15, 0.2) is 0 Å². The Bertz CT molecular complexity index is 326. The van der Waals surface area contributed by atoms with Crippen LogP contribution >= 0.6 is 0 Å². The molecule has 4 nitrogen and oxygen atoms in total. The van der Waals surface area contributed by atoms with Crippen LogP contribution in [0.3, 0.4) is 0 Å². The Labute approximate surface area is 123 Å². The molecule has 0 aromatic carbocycles. The van der Waals surface area contributed by atoms with Crippen molar-refractivity contribution in [3.05, 3.63) is 0 Å². The molecular formula is C16H30N2O2. The van der Waals surface area contributed by atoms with Crippen molar-refractivity contribution < 1.29 is 9.53 Å². The molecule has 1 saturated heterocycles. The molecule has 0 radical (unpaired) electrons. The van der Waals surface area contributed by atoms with E-state index in [9.17, 15) is 4.79 Å². The van der Waals surface area contributed by atoms with Crippen LogP contribution in [0.25, 0.3) is 0 Å². The van der Waals surface area contributed by atoms with Gasteiger partial charge in [-0.3, -0.25) is 10.1 Å². The molecule has 0 bridgehead atoms. The number of carbonyl (C=O) groups is 1. The molecule has 1 aliphatic heterocycles. The molecule has 2 rings (SSSR count). The van der Waals surface area contributed by atoms with Crippen molar-refractivity contribution in [1.29, 1.82) is 0 Å². The smallest absolute Gasteiger partial charge is 0.326 e. The molecule has 0 aromatic heterocycles. The first-order valence-corrected chi connectivity index (χ1v) is 8.17. The maximum Gasteiger partial charge on any atom is 0.326 e. The average molecular weight is 282 g/mol. The highest BCUT2D eigenvalue weighted by Gasteiger charge is 2.49. The highest BCUT2D eigenvalue weighted by Crippen LogP contribution is 2.39. The Hall–Kier alpha value is -0.610. The normalized spacial score (nSPS) is 31.1. The van der Waals surface area contributed by atoms with E-state index in [0.29, 0.717) is 12.0 Å². The Morgan fingerprint density at radius 2 is 2.05 bits per heavy atom. The van der Waals surface area contributed by atoms with E-state index in [0.717, 1.165) is 32.2 Å². The van der Waals surface area contributed by atoms with Crippen LogP contribution < -0.4 is 5.32 Å². The van der Waals surface area contributed by atoms with Gasteiger partial charge in [-0.15, -0.1) is 0 Å². The van der Waals surface area contributed by atoms with Crippen LogP contribution in [0.4, 0.5) is 0 Å². The maximum atomic E-state index is 12.4. The Morgan fingerprint density at radius 1 is 1.35 bits per heavy atom. The molecule has 0 spiro atoms. The van der Waals surface area contributed by atoms with Gasteiger partial charge in [-0.25, -0.2) is 0 Å². The summed E-state index contributed by atoms with van der Waals surface area (Å²) in [6, 6.07) is 0.307. The van der Waals surface area contributed by atoms with Crippen LogP contribution in [-0.4, -0.2) is 49.2 Å². The maximum absolute atomic E-state index is 12.4. The van der Waals surface area contributed by atoms with Crippen molar-refractivity contribution in [2.75, 3.05) is 26.7 Å². The standard InChI is InChI=1S/C16H30N2O2/c1-13(2)17-16(15(19)20-3)9-6-7-14(16)8-12-18-10-4-5-11-18/h13-14,17H,4-12H2,1-3H3. The fraction of sp³-hybridized carbons (Fsp3) is 0.938. The molecule has 1 aliphatic carbocycles. The minimum Gasteiger partial charge on any atom is -0.468 e. The topological polar surface area (TPSA) is 41.6 Å². The van der Waals surface area contributed by atoms with Crippen LogP contribution in [0.2, 0.25) is 0 Å². The zero-order valence-corrected chi connectivity index (χ0v) is 13.3. The number of likely N-dealkylation sites (tertiary alicyclic amines) is 1. The SMILES string of the molecule is COC(=O)C1(NC(C)C)CCCC1CCN1CCCC1. The number of nitrogens with zero attached hydrogens (tertiary/aromatic N) is 1. The summed E-state index contributed by atoms with van der Waals surface area (Å²) in [6.45, 7) is 7.81. The van der Waals surface area contributed by atoms with Gasteiger partial charge < -0.3 is 9.64 Å². The van der Waals surface area contributed by atoms with Gasteiger partial charge >= 0.3 is 5.97 Å². The van der Waals surface area contributed by atoms with E-state index < -0.39 is 5.54 Å². The predicted octanol–water partition coefficient (Wildman–Crippen LogP) is 2.18. The molecule has 0 aromatic rings. The zero-order chi connectivity index (χ0) is 14.6. The second-order valence-electron chi connectivity index (χ2n) is 6.69. The molecule has 2 fully saturated rings. The van der Waals surface area contributed by atoms with E-state index in [1.807, 2.05) is 0 Å². The first-order valence-electron chi connectivity index (χ1n) is 8.17. The number of hydrogen-bond acceptors (Lipinski definition) is 4. The molecule has 1 heterocycles. The quantitative estimate of drug-likeness (QED) is 0.758. The number of methoxy groups -OCH3 is 1. The van der Waals surface area contributed by atoms with Crippen LogP contribution in [-0.2, 0) is 9.53 Å². The summed E-state index contributed by atoms with van der Waals surface area (Å²) in [5.74, 6) is 0.355. The van der Waals surface area contributed by atoms with Crippen molar-refractivity contribution in [3.63, 3.8) is 0 Å². The summed E-state index contributed by atoms with van der Waals surface area (Å²) in [5, 5.41) is 3.54. The molecule has 116 valence electrons. The summed E-state index contributed by atoms with van der Waals surface area (Å²) in [6.07, 6.45) is 6.95. The Balaban J connectivity index is 2.01. The zero-order valence-electron chi connectivity index (χ0n) is 13.3. The van der Waals surface area contributed by atoms with Crippen molar-refractivity contribution >= 4 is 5.97 Å². The molecule has 4 heteroatoms. The summed E-state index contributed by atoms with van der Waals surface area (Å²) >= 11 is 0. The number of ether oxygens (including phenoxy) is 1. The third kappa shape index (κ3) is 3.34. The Kier molecular flexibility index (Phi) is 5.44. The number of rotatable bonds is 6. The van der Waals surface area contributed by atoms with Gasteiger partial charge in [0.05, 0.1) is 7.11 Å². The fourth-order valence-electron chi connectivity index (χ4n) is 4.03. The molecule has 2 unspecified atom stereocenters. The molecule has 2 atom stereocenters. The van der Waals surface area contributed by atoms with E-state index in [2.05, 4.69) is 24.1 Å². The first kappa shape index (κ1) is 15.8.